The summed E-state index contributed by atoms with van der Waals surface area (Å²) >= 11 is 0. The van der Waals surface area contributed by atoms with Crippen molar-refractivity contribution in [2.24, 2.45) is 5.41 Å². The zero-order valence-corrected chi connectivity index (χ0v) is 8.94. The van der Waals surface area contributed by atoms with E-state index in [1.54, 1.807) is 0 Å². The molecule has 1 aliphatic rings. The molecule has 2 heteroatoms. The van der Waals surface area contributed by atoms with E-state index in [2.05, 4.69) is 0 Å². The van der Waals surface area contributed by atoms with E-state index in [0.29, 0.717) is 0 Å². The van der Waals surface area contributed by atoms with E-state index >= 15 is 0 Å². The monoisotopic (exact) mass is 204 g/mol. The summed E-state index contributed by atoms with van der Waals surface area (Å²) in [7, 11) is 0. The first-order chi connectivity index (χ1) is 7.17. The molecule has 1 aromatic carbocycles. The molecule has 1 saturated carbocycles. The Morgan fingerprint density at radius 1 is 1.40 bits per heavy atom. The molecule has 80 valence electrons. The summed E-state index contributed by atoms with van der Waals surface area (Å²) in [5.74, 6) is 0.180. The highest BCUT2D eigenvalue weighted by atomic mass is 16.3. The Morgan fingerprint density at radius 3 is 2.60 bits per heavy atom. The summed E-state index contributed by atoms with van der Waals surface area (Å²) in [5, 5.41) is 9.24. The molecule has 0 radical (unpaired) electrons. The van der Waals surface area contributed by atoms with Crippen LogP contribution in [0.5, 0.6) is 0 Å². The first-order valence-corrected chi connectivity index (χ1v) is 5.37. The average molecular weight is 204 g/mol. The van der Waals surface area contributed by atoms with Crippen LogP contribution in [0.15, 0.2) is 30.3 Å². The van der Waals surface area contributed by atoms with Crippen molar-refractivity contribution in [2.45, 2.75) is 25.7 Å². The normalized spacial score (nSPS) is 30.8. The van der Waals surface area contributed by atoms with Gasteiger partial charge in [-0.1, -0.05) is 37.3 Å². The third-order valence-electron chi connectivity index (χ3n) is 3.45. The Labute approximate surface area is 89.9 Å². The topological polar surface area (TPSA) is 37.3 Å². The molecule has 0 aromatic heterocycles. The molecule has 0 saturated heterocycles. The van der Waals surface area contributed by atoms with E-state index in [9.17, 15) is 9.90 Å². The van der Waals surface area contributed by atoms with Gasteiger partial charge in [-0.05, 0) is 18.4 Å². The number of hydrogen-bond donors (Lipinski definition) is 1. The summed E-state index contributed by atoms with van der Waals surface area (Å²) in [6.07, 6.45) is 1.65. The van der Waals surface area contributed by atoms with Crippen molar-refractivity contribution < 1.29 is 9.90 Å². The first-order valence-electron chi connectivity index (χ1n) is 5.37. The van der Waals surface area contributed by atoms with Gasteiger partial charge in [0.2, 0.25) is 0 Å². The van der Waals surface area contributed by atoms with Crippen LogP contribution in [0.4, 0.5) is 0 Å². The predicted molar refractivity (Wildman–Crippen MR) is 58.6 cm³/mol. The van der Waals surface area contributed by atoms with Crippen LogP contribution in [0.1, 0.15) is 31.2 Å². The van der Waals surface area contributed by atoms with Gasteiger partial charge < -0.3 is 5.11 Å². The summed E-state index contributed by atoms with van der Waals surface area (Å²) in [6.45, 7) is 1.83. The van der Waals surface area contributed by atoms with Crippen LogP contribution in [0, 0.1) is 5.41 Å². The van der Waals surface area contributed by atoms with Gasteiger partial charge in [0.15, 0.2) is 0 Å². The molecule has 0 unspecified atom stereocenters. The highest BCUT2D eigenvalue weighted by Gasteiger charge is 2.43. The van der Waals surface area contributed by atoms with Crippen LogP contribution in [-0.4, -0.2) is 17.5 Å². The van der Waals surface area contributed by atoms with Crippen molar-refractivity contribution in [2.75, 3.05) is 6.61 Å². The fraction of sp³-hybridized carbons (Fsp3) is 0.462. The van der Waals surface area contributed by atoms with E-state index in [0.717, 1.165) is 18.4 Å². The standard InChI is InChI=1S/C13H16O2/c1-13(9-14)8-7-11(12(13)15)10-5-3-2-4-6-10/h2-6,11,14H,7-9H2,1H3/t11-,13+/m1/s1. The second-order valence-corrected chi connectivity index (χ2v) is 4.58. The van der Waals surface area contributed by atoms with Crippen LogP contribution in [-0.2, 0) is 4.79 Å². The lowest BCUT2D eigenvalue weighted by atomic mass is 9.86. The van der Waals surface area contributed by atoms with Gasteiger partial charge >= 0.3 is 0 Å². The lowest BCUT2D eigenvalue weighted by Gasteiger charge is -2.19. The molecule has 1 aliphatic carbocycles. The molecule has 1 fully saturated rings. The second kappa shape index (κ2) is 3.78. The number of carbonyl (C=O) groups is 1. The molecule has 15 heavy (non-hydrogen) atoms. The molecule has 0 bridgehead atoms. The largest absolute Gasteiger partial charge is 0.395 e. The zero-order chi connectivity index (χ0) is 10.9. The Balaban J connectivity index is 2.25. The van der Waals surface area contributed by atoms with Gasteiger partial charge in [-0.3, -0.25) is 4.79 Å². The van der Waals surface area contributed by atoms with Crippen molar-refractivity contribution in [3.05, 3.63) is 35.9 Å². The van der Waals surface area contributed by atoms with Gasteiger partial charge in [-0.2, -0.15) is 0 Å². The highest BCUT2D eigenvalue weighted by molar-refractivity contribution is 5.92. The maximum atomic E-state index is 12.1. The van der Waals surface area contributed by atoms with Crippen molar-refractivity contribution in [3.63, 3.8) is 0 Å². The Hall–Kier alpha value is -1.15. The number of Topliss-reactive ketones (excluding diaryl/α,β-unsaturated/α-hetero) is 1. The zero-order valence-electron chi connectivity index (χ0n) is 8.94. The second-order valence-electron chi connectivity index (χ2n) is 4.58. The predicted octanol–water partition coefficient (Wildman–Crippen LogP) is 2.13. The molecule has 0 spiro atoms. The third-order valence-corrected chi connectivity index (χ3v) is 3.45. The van der Waals surface area contributed by atoms with Crippen LogP contribution in [0.3, 0.4) is 0 Å². The molecule has 2 rings (SSSR count). The summed E-state index contributed by atoms with van der Waals surface area (Å²) in [4.78, 5) is 12.1. The third kappa shape index (κ3) is 1.70. The van der Waals surface area contributed by atoms with Gasteiger partial charge in [0.1, 0.15) is 5.78 Å². The van der Waals surface area contributed by atoms with Crippen LogP contribution < -0.4 is 0 Å². The maximum absolute atomic E-state index is 12.1. The average Bonchev–Trinajstić information content (AvgIpc) is 2.58. The quantitative estimate of drug-likeness (QED) is 0.801. The van der Waals surface area contributed by atoms with E-state index in [1.165, 1.54) is 0 Å². The Morgan fingerprint density at radius 2 is 2.07 bits per heavy atom. The van der Waals surface area contributed by atoms with Gasteiger partial charge in [0, 0.05) is 11.3 Å². The van der Waals surface area contributed by atoms with Crippen molar-refractivity contribution in [1.29, 1.82) is 0 Å². The highest BCUT2D eigenvalue weighted by Crippen LogP contribution is 2.42. The molecule has 2 atom stereocenters. The van der Waals surface area contributed by atoms with E-state index < -0.39 is 5.41 Å². The molecule has 0 heterocycles. The molecule has 1 N–H and O–H groups in total. The lowest BCUT2D eigenvalue weighted by molar-refractivity contribution is -0.128. The van der Waals surface area contributed by atoms with Crippen molar-refractivity contribution in [1.82, 2.24) is 0 Å². The van der Waals surface area contributed by atoms with E-state index in [-0.39, 0.29) is 18.3 Å². The number of ketones is 1. The Bertz CT molecular complexity index is 358. The number of rotatable bonds is 2. The van der Waals surface area contributed by atoms with Crippen LogP contribution >= 0.6 is 0 Å². The number of carbonyl (C=O) groups excluding carboxylic acids is 1. The summed E-state index contributed by atoms with van der Waals surface area (Å²) < 4.78 is 0. The minimum absolute atomic E-state index is 0.0108. The molecular formula is C13H16O2. The van der Waals surface area contributed by atoms with Gasteiger partial charge in [-0.25, -0.2) is 0 Å². The van der Waals surface area contributed by atoms with Gasteiger partial charge in [-0.15, -0.1) is 0 Å². The first kappa shape index (κ1) is 10.4. The minimum atomic E-state index is -0.513. The van der Waals surface area contributed by atoms with Gasteiger partial charge in [0.25, 0.3) is 0 Å². The number of hydrogen-bond acceptors (Lipinski definition) is 2. The molecule has 2 nitrogen and oxygen atoms in total. The lowest BCUT2D eigenvalue weighted by Crippen LogP contribution is -2.28. The fourth-order valence-corrected chi connectivity index (χ4v) is 2.30. The molecular weight excluding hydrogens is 188 g/mol. The van der Waals surface area contributed by atoms with Crippen LogP contribution in [0.2, 0.25) is 0 Å². The number of aliphatic hydroxyl groups excluding tert-OH is 1. The molecule has 0 amide bonds. The van der Waals surface area contributed by atoms with Gasteiger partial charge in [0.05, 0.1) is 6.61 Å². The maximum Gasteiger partial charge on any atom is 0.148 e. The summed E-state index contributed by atoms with van der Waals surface area (Å²) in [6, 6.07) is 9.85. The summed E-state index contributed by atoms with van der Waals surface area (Å²) in [5.41, 5.74) is 0.570. The Kier molecular flexibility index (Phi) is 2.61. The minimum Gasteiger partial charge on any atom is -0.395 e. The number of benzene rings is 1. The van der Waals surface area contributed by atoms with Crippen molar-refractivity contribution >= 4 is 5.78 Å². The van der Waals surface area contributed by atoms with Crippen molar-refractivity contribution in [3.8, 4) is 0 Å². The fourth-order valence-electron chi connectivity index (χ4n) is 2.30. The van der Waals surface area contributed by atoms with E-state index in [4.69, 9.17) is 0 Å². The molecule has 0 aliphatic heterocycles. The van der Waals surface area contributed by atoms with Crippen LogP contribution in [0.25, 0.3) is 0 Å². The number of aliphatic hydroxyl groups is 1. The van der Waals surface area contributed by atoms with E-state index in [1.807, 2.05) is 37.3 Å². The smallest absolute Gasteiger partial charge is 0.148 e. The molecule has 1 aromatic rings. The SMILES string of the molecule is C[C@@]1(CO)CC[C@H](c2ccccc2)C1=O.